The Morgan fingerprint density at radius 3 is 2.82 bits per heavy atom. The number of phenols is 1. The maximum Gasteiger partial charge on any atom is 0.131 e. The lowest BCUT2D eigenvalue weighted by Gasteiger charge is -2.26. The van der Waals surface area contributed by atoms with Crippen molar-refractivity contribution < 1.29 is 5.11 Å². The summed E-state index contributed by atoms with van der Waals surface area (Å²) in [5.41, 5.74) is 4.65. The highest BCUT2D eigenvalue weighted by Crippen LogP contribution is 2.30. The van der Waals surface area contributed by atoms with Crippen LogP contribution < -0.4 is 5.32 Å². The molecular formula is C27H39N5O. The average molecular weight is 450 g/mol. The van der Waals surface area contributed by atoms with E-state index >= 15 is 0 Å². The van der Waals surface area contributed by atoms with Crippen molar-refractivity contribution in [2.24, 2.45) is 15.2 Å². The van der Waals surface area contributed by atoms with Crippen LogP contribution in [0.5, 0.6) is 5.75 Å². The molecule has 33 heavy (non-hydrogen) atoms. The summed E-state index contributed by atoms with van der Waals surface area (Å²) in [7, 11) is 0. The summed E-state index contributed by atoms with van der Waals surface area (Å²) in [6, 6.07) is 7.09. The van der Waals surface area contributed by atoms with Crippen molar-refractivity contribution in [1.82, 2.24) is 10.2 Å². The molecule has 6 heteroatoms. The van der Waals surface area contributed by atoms with E-state index in [4.69, 9.17) is 5.10 Å². The molecule has 1 unspecified atom stereocenters. The molecule has 0 aliphatic carbocycles. The summed E-state index contributed by atoms with van der Waals surface area (Å²) < 4.78 is 0. The largest absolute Gasteiger partial charge is 0.507 e. The van der Waals surface area contributed by atoms with E-state index < -0.39 is 0 Å². The molecule has 178 valence electrons. The minimum atomic E-state index is 0. The van der Waals surface area contributed by atoms with Crippen molar-refractivity contribution in [2.45, 2.75) is 78.9 Å². The molecule has 1 aromatic carbocycles. The number of aromatic hydroxyl groups is 1. The first-order chi connectivity index (χ1) is 15.5. The average Bonchev–Trinajstić information content (AvgIpc) is 3.33. The molecule has 3 heterocycles. The number of allylic oxidation sites excluding steroid dienone is 3. The van der Waals surface area contributed by atoms with E-state index in [9.17, 15) is 5.11 Å². The molecule has 0 saturated carbocycles. The van der Waals surface area contributed by atoms with E-state index in [-0.39, 0.29) is 19.2 Å². The van der Waals surface area contributed by atoms with Crippen LogP contribution in [0.25, 0.3) is 5.57 Å². The van der Waals surface area contributed by atoms with Crippen LogP contribution in [0.1, 0.15) is 71.9 Å². The quantitative estimate of drug-likeness (QED) is 0.608. The highest BCUT2D eigenvalue weighted by Gasteiger charge is 2.39. The van der Waals surface area contributed by atoms with Crippen LogP contribution >= 0.6 is 0 Å². The Labute approximate surface area is 198 Å². The van der Waals surface area contributed by atoms with E-state index in [2.05, 4.69) is 33.3 Å². The molecule has 0 bridgehead atoms. The van der Waals surface area contributed by atoms with Gasteiger partial charge in [0.25, 0.3) is 0 Å². The van der Waals surface area contributed by atoms with Gasteiger partial charge in [-0.3, -0.25) is 4.99 Å². The van der Waals surface area contributed by atoms with Crippen molar-refractivity contribution in [3.05, 3.63) is 47.1 Å². The number of amidine groups is 1. The number of hydrogen-bond donors (Lipinski definition) is 2. The molecule has 6 nitrogen and oxygen atoms in total. The fourth-order valence-corrected chi connectivity index (χ4v) is 4.80. The van der Waals surface area contributed by atoms with Crippen molar-refractivity contribution in [2.75, 3.05) is 13.1 Å². The summed E-state index contributed by atoms with van der Waals surface area (Å²) in [6.07, 6.45) is 10.1. The Kier molecular flexibility index (Phi) is 8.25. The number of hydrogen-bond acceptors (Lipinski definition) is 6. The van der Waals surface area contributed by atoms with Gasteiger partial charge in [-0.05, 0) is 75.9 Å². The summed E-state index contributed by atoms with van der Waals surface area (Å²) in [4.78, 5) is 6.94. The van der Waals surface area contributed by atoms with Gasteiger partial charge in [0.15, 0.2) is 0 Å². The second-order valence-corrected chi connectivity index (χ2v) is 9.08. The molecule has 0 aromatic heterocycles. The van der Waals surface area contributed by atoms with Gasteiger partial charge < -0.3 is 15.3 Å². The molecule has 2 N–H and O–H groups in total. The highest BCUT2D eigenvalue weighted by molar-refractivity contribution is 6.13. The minimum absolute atomic E-state index is 0. The van der Waals surface area contributed by atoms with Gasteiger partial charge in [0, 0.05) is 42.9 Å². The van der Waals surface area contributed by atoms with Crippen molar-refractivity contribution >= 4 is 23.3 Å². The molecule has 0 spiro atoms. The number of nitrogens with zero attached hydrogens (tertiary/aromatic N) is 4. The predicted octanol–water partition coefficient (Wildman–Crippen LogP) is 5.19. The first-order valence-corrected chi connectivity index (χ1v) is 11.9. The number of phenolic OH excluding ortho intramolecular Hbond substituents is 1. The number of aliphatic imine (C=N–C) groups is 1. The van der Waals surface area contributed by atoms with Crippen LogP contribution in [-0.2, 0) is 0 Å². The lowest BCUT2D eigenvalue weighted by molar-refractivity contribution is 0.380. The summed E-state index contributed by atoms with van der Waals surface area (Å²) >= 11 is 0. The van der Waals surface area contributed by atoms with Gasteiger partial charge in [-0.2, -0.15) is 0 Å². The van der Waals surface area contributed by atoms with Crippen LogP contribution in [-0.4, -0.2) is 59.0 Å². The monoisotopic (exact) mass is 449 g/mol. The third kappa shape index (κ3) is 5.44. The van der Waals surface area contributed by atoms with Crippen LogP contribution in [0, 0.1) is 0 Å². The zero-order chi connectivity index (χ0) is 22.7. The Balaban J connectivity index is 0.00000306. The third-order valence-corrected chi connectivity index (χ3v) is 6.61. The van der Waals surface area contributed by atoms with E-state index in [1.54, 1.807) is 6.07 Å². The van der Waals surface area contributed by atoms with E-state index in [1.807, 2.05) is 45.2 Å². The molecule has 3 aliphatic rings. The molecule has 3 aliphatic heterocycles. The minimum Gasteiger partial charge on any atom is -0.507 e. The van der Waals surface area contributed by atoms with E-state index in [0.717, 1.165) is 48.6 Å². The molecule has 2 saturated heterocycles. The third-order valence-electron chi connectivity index (χ3n) is 6.61. The van der Waals surface area contributed by atoms with Gasteiger partial charge >= 0.3 is 0 Å². The van der Waals surface area contributed by atoms with E-state index in [0.29, 0.717) is 17.6 Å². The molecule has 2 fully saturated rings. The van der Waals surface area contributed by atoms with E-state index in [1.165, 1.54) is 18.4 Å². The number of rotatable bonds is 5. The number of likely N-dealkylation sites (tertiary alicyclic amines) is 1. The number of fused-ring (bicyclic) bond motifs is 1. The molecule has 2 atom stereocenters. The van der Waals surface area contributed by atoms with Gasteiger partial charge in [-0.1, -0.05) is 32.1 Å². The summed E-state index contributed by atoms with van der Waals surface area (Å²) in [6.45, 7) is 10.4. The molecule has 1 aromatic rings. The Bertz CT molecular complexity index is 1000. The van der Waals surface area contributed by atoms with Crippen LogP contribution in [0.3, 0.4) is 0 Å². The lowest BCUT2D eigenvalue weighted by Crippen LogP contribution is -2.38. The molecular weight excluding hydrogens is 410 g/mol. The maximum absolute atomic E-state index is 10.9. The van der Waals surface area contributed by atoms with Crippen LogP contribution in [0.4, 0.5) is 0 Å². The number of benzene rings is 1. The Morgan fingerprint density at radius 2 is 2.12 bits per heavy atom. The predicted molar refractivity (Wildman–Crippen MR) is 141 cm³/mol. The Morgan fingerprint density at radius 1 is 1.30 bits per heavy atom. The zero-order valence-electron chi connectivity index (χ0n) is 19.7. The lowest BCUT2D eigenvalue weighted by atomic mass is 9.99. The fourth-order valence-electron chi connectivity index (χ4n) is 4.80. The van der Waals surface area contributed by atoms with Crippen LogP contribution in [0.2, 0.25) is 0 Å². The summed E-state index contributed by atoms with van der Waals surface area (Å²) in [5, 5.41) is 23.8. The number of nitrogens with one attached hydrogen (secondary N) is 1. The first-order valence-electron chi connectivity index (χ1n) is 11.9. The normalized spacial score (nSPS) is 23.2. The zero-order valence-corrected chi connectivity index (χ0v) is 19.7. The van der Waals surface area contributed by atoms with Gasteiger partial charge in [-0.15, -0.1) is 10.2 Å². The van der Waals surface area contributed by atoms with Gasteiger partial charge in [0.1, 0.15) is 11.6 Å². The van der Waals surface area contributed by atoms with Gasteiger partial charge in [0.05, 0.1) is 5.71 Å². The smallest absolute Gasteiger partial charge is 0.131 e. The van der Waals surface area contributed by atoms with Crippen molar-refractivity contribution in [1.29, 1.82) is 0 Å². The van der Waals surface area contributed by atoms with Crippen LogP contribution in [0.15, 0.2) is 51.1 Å². The first kappa shape index (κ1) is 24.9. The van der Waals surface area contributed by atoms with Crippen molar-refractivity contribution in [3.63, 3.8) is 0 Å². The van der Waals surface area contributed by atoms with Gasteiger partial charge in [-0.25, -0.2) is 0 Å². The SMILES string of the molecule is C.C/C=C(\C=NC(C)C)c1ccc(C2=NN=C(N3CCC4NCC[C@@H]43)CC(CC)=C2)c(O)c1. The maximum atomic E-state index is 10.9. The fraction of sp³-hybridized carbons (Fsp3) is 0.519. The highest BCUT2D eigenvalue weighted by atomic mass is 16.3. The molecule has 0 radical (unpaired) electrons. The second kappa shape index (κ2) is 10.9. The van der Waals surface area contributed by atoms with Gasteiger partial charge in [0.2, 0.25) is 0 Å². The summed E-state index contributed by atoms with van der Waals surface area (Å²) in [5.74, 6) is 1.27. The van der Waals surface area contributed by atoms with Crippen molar-refractivity contribution in [3.8, 4) is 5.75 Å². The molecule has 0 amide bonds. The standard InChI is InChI=1S/C26H35N5O.CH4/c1-5-18-13-23(29-30-26(14-18)31-12-10-22-24(31)9-11-27-22)21-8-7-20(15-25(21)32)19(6-2)16-28-17(3)4;/h6-8,13,15-17,22,24,27,32H,5,9-12,14H2,1-4H3;1H4/b19-6+,28-16?;/t22?,24-;/m0./s1. The Hall–Kier alpha value is -2.73. The topological polar surface area (TPSA) is 72.6 Å². The second-order valence-electron chi connectivity index (χ2n) is 9.08. The molecule has 4 rings (SSSR count).